The maximum absolute atomic E-state index is 4.47. The minimum Gasteiger partial charge on any atom is -0.314 e. The molecule has 1 unspecified atom stereocenters. The van der Waals surface area contributed by atoms with Crippen LogP contribution >= 0.6 is 11.3 Å². The third-order valence-corrected chi connectivity index (χ3v) is 3.40. The summed E-state index contributed by atoms with van der Waals surface area (Å²) < 4.78 is 1.34. The van der Waals surface area contributed by atoms with Gasteiger partial charge >= 0.3 is 0 Å². The van der Waals surface area contributed by atoms with E-state index in [-0.39, 0.29) is 0 Å². The van der Waals surface area contributed by atoms with E-state index in [9.17, 15) is 0 Å². The fourth-order valence-electron chi connectivity index (χ4n) is 1.83. The van der Waals surface area contributed by atoms with Crippen LogP contribution in [0, 0.1) is 0 Å². The van der Waals surface area contributed by atoms with E-state index in [1.807, 2.05) is 6.20 Å². The third kappa shape index (κ3) is 2.36. The summed E-state index contributed by atoms with van der Waals surface area (Å²) in [5.41, 5.74) is 1.21. The van der Waals surface area contributed by atoms with Gasteiger partial charge in [0.2, 0.25) is 0 Å². The lowest BCUT2D eigenvalue weighted by Crippen LogP contribution is -2.27. The highest BCUT2D eigenvalue weighted by atomic mass is 32.1. The van der Waals surface area contributed by atoms with Crippen LogP contribution in [-0.2, 0) is 6.42 Å². The molecule has 2 aromatic heterocycles. The number of thiophene rings is 1. The summed E-state index contributed by atoms with van der Waals surface area (Å²) in [4.78, 5) is 4.47. The molecule has 0 saturated heterocycles. The number of rotatable bonds is 4. The molecule has 0 aromatic carbocycles. The normalized spacial score (nSPS) is 13.2. The largest absolute Gasteiger partial charge is 0.314 e. The molecule has 0 aliphatic rings. The Morgan fingerprint density at radius 1 is 1.47 bits per heavy atom. The maximum Gasteiger partial charge on any atom is 0.0505 e. The molecule has 2 nitrogen and oxygen atoms in total. The number of hydrogen-bond acceptors (Lipinski definition) is 3. The molecule has 1 N–H and O–H groups in total. The van der Waals surface area contributed by atoms with Crippen LogP contribution in [0.4, 0.5) is 0 Å². The van der Waals surface area contributed by atoms with Gasteiger partial charge in [-0.15, -0.1) is 11.3 Å². The summed E-state index contributed by atoms with van der Waals surface area (Å²) in [5, 5.41) is 6.86. The first kappa shape index (κ1) is 10.6. The molecule has 0 radical (unpaired) electrons. The second kappa shape index (κ2) is 4.73. The van der Waals surface area contributed by atoms with E-state index in [1.54, 1.807) is 11.3 Å². The average molecular weight is 220 g/mol. The third-order valence-electron chi connectivity index (χ3n) is 2.51. The summed E-state index contributed by atoms with van der Waals surface area (Å²) in [7, 11) is 0. The van der Waals surface area contributed by atoms with Crippen LogP contribution < -0.4 is 5.32 Å². The molecule has 2 heterocycles. The van der Waals surface area contributed by atoms with Crippen molar-refractivity contribution in [3.63, 3.8) is 0 Å². The van der Waals surface area contributed by atoms with Crippen LogP contribution in [0.25, 0.3) is 10.1 Å². The molecule has 0 amide bonds. The minimum absolute atomic E-state index is 0.494. The lowest BCUT2D eigenvalue weighted by atomic mass is 10.1. The summed E-state index contributed by atoms with van der Waals surface area (Å²) in [6, 6.07) is 4.75. The second-order valence-electron chi connectivity index (χ2n) is 3.75. The fourth-order valence-corrected chi connectivity index (χ4v) is 2.63. The van der Waals surface area contributed by atoms with Crippen LogP contribution in [0.2, 0.25) is 0 Å². The zero-order valence-corrected chi connectivity index (χ0v) is 9.97. The van der Waals surface area contributed by atoms with Gasteiger partial charge in [-0.1, -0.05) is 6.92 Å². The maximum atomic E-state index is 4.47. The number of pyridine rings is 1. The molecule has 3 heteroatoms. The number of aromatic nitrogens is 1. The predicted molar refractivity (Wildman–Crippen MR) is 66.5 cm³/mol. The molecule has 0 bridgehead atoms. The van der Waals surface area contributed by atoms with Crippen molar-refractivity contribution in [3.8, 4) is 0 Å². The van der Waals surface area contributed by atoms with Crippen molar-refractivity contribution in [2.24, 2.45) is 0 Å². The molecular formula is C12H16N2S. The smallest absolute Gasteiger partial charge is 0.0505 e. The zero-order valence-electron chi connectivity index (χ0n) is 9.16. The lowest BCUT2D eigenvalue weighted by Gasteiger charge is -2.11. The van der Waals surface area contributed by atoms with Crippen LogP contribution in [0.15, 0.2) is 23.7 Å². The Balaban J connectivity index is 2.23. The Labute approximate surface area is 94.3 Å². The first-order valence-corrected chi connectivity index (χ1v) is 6.23. The van der Waals surface area contributed by atoms with Gasteiger partial charge in [0, 0.05) is 28.7 Å². The SMILES string of the molecule is CCNC(C)Cc1nccc2sccc12. The number of hydrogen-bond donors (Lipinski definition) is 1. The van der Waals surface area contributed by atoms with Crippen molar-refractivity contribution in [2.75, 3.05) is 6.54 Å². The fraction of sp³-hybridized carbons (Fsp3) is 0.417. The van der Waals surface area contributed by atoms with Crippen molar-refractivity contribution in [1.82, 2.24) is 10.3 Å². The van der Waals surface area contributed by atoms with E-state index in [2.05, 4.69) is 41.7 Å². The molecule has 0 aliphatic carbocycles. The van der Waals surface area contributed by atoms with Gasteiger partial charge < -0.3 is 5.32 Å². The molecule has 1 atom stereocenters. The molecule has 0 spiro atoms. The minimum atomic E-state index is 0.494. The number of nitrogens with zero attached hydrogens (tertiary/aromatic N) is 1. The van der Waals surface area contributed by atoms with E-state index >= 15 is 0 Å². The molecule has 2 aromatic rings. The van der Waals surface area contributed by atoms with E-state index in [4.69, 9.17) is 0 Å². The van der Waals surface area contributed by atoms with Crippen LogP contribution in [0.5, 0.6) is 0 Å². The summed E-state index contributed by atoms with van der Waals surface area (Å²) >= 11 is 1.78. The van der Waals surface area contributed by atoms with Crippen molar-refractivity contribution in [3.05, 3.63) is 29.4 Å². The highest BCUT2D eigenvalue weighted by molar-refractivity contribution is 7.17. The van der Waals surface area contributed by atoms with Crippen LogP contribution in [-0.4, -0.2) is 17.6 Å². The van der Waals surface area contributed by atoms with Gasteiger partial charge in [0.05, 0.1) is 5.69 Å². The molecule has 2 rings (SSSR count). The summed E-state index contributed by atoms with van der Waals surface area (Å²) in [6.45, 7) is 5.35. The van der Waals surface area contributed by atoms with Gasteiger partial charge in [0.1, 0.15) is 0 Å². The average Bonchev–Trinajstić information content (AvgIpc) is 2.67. The Hall–Kier alpha value is -0.930. The van der Waals surface area contributed by atoms with E-state index in [0.717, 1.165) is 13.0 Å². The lowest BCUT2D eigenvalue weighted by molar-refractivity contribution is 0.561. The quantitative estimate of drug-likeness (QED) is 0.857. The summed E-state index contributed by atoms with van der Waals surface area (Å²) in [5.74, 6) is 0. The van der Waals surface area contributed by atoms with Gasteiger partial charge in [-0.05, 0) is 31.0 Å². The Bertz CT molecular complexity index is 436. The monoisotopic (exact) mass is 220 g/mol. The summed E-state index contributed by atoms with van der Waals surface area (Å²) in [6.07, 6.45) is 2.91. The van der Waals surface area contributed by atoms with E-state index in [0.29, 0.717) is 6.04 Å². The Kier molecular flexibility index (Phi) is 3.34. The van der Waals surface area contributed by atoms with Gasteiger partial charge in [0.25, 0.3) is 0 Å². The van der Waals surface area contributed by atoms with Crippen molar-refractivity contribution < 1.29 is 0 Å². The van der Waals surface area contributed by atoms with Gasteiger partial charge in [-0.25, -0.2) is 0 Å². The zero-order chi connectivity index (χ0) is 10.7. The van der Waals surface area contributed by atoms with Gasteiger partial charge in [0.15, 0.2) is 0 Å². The highest BCUT2D eigenvalue weighted by Gasteiger charge is 2.07. The number of likely N-dealkylation sites (N-methyl/N-ethyl adjacent to an activating group) is 1. The number of nitrogens with one attached hydrogen (secondary N) is 1. The van der Waals surface area contributed by atoms with Crippen LogP contribution in [0.1, 0.15) is 19.5 Å². The molecule has 0 aliphatic heterocycles. The first-order chi connectivity index (χ1) is 7.31. The van der Waals surface area contributed by atoms with E-state index in [1.165, 1.54) is 15.8 Å². The van der Waals surface area contributed by atoms with Gasteiger partial charge in [-0.2, -0.15) is 0 Å². The van der Waals surface area contributed by atoms with Crippen molar-refractivity contribution in [2.45, 2.75) is 26.3 Å². The molecular weight excluding hydrogens is 204 g/mol. The second-order valence-corrected chi connectivity index (χ2v) is 4.70. The van der Waals surface area contributed by atoms with Gasteiger partial charge in [-0.3, -0.25) is 4.98 Å². The highest BCUT2D eigenvalue weighted by Crippen LogP contribution is 2.23. The number of fused-ring (bicyclic) bond motifs is 1. The predicted octanol–water partition coefficient (Wildman–Crippen LogP) is 2.84. The van der Waals surface area contributed by atoms with Crippen molar-refractivity contribution in [1.29, 1.82) is 0 Å². The molecule has 0 saturated carbocycles. The van der Waals surface area contributed by atoms with Crippen molar-refractivity contribution >= 4 is 21.4 Å². The molecule has 80 valence electrons. The topological polar surface area (TPSA) is 24.9 Å². The first-order valence-electron chi connectivity index (χ1n) is 5.35. The van der Waals surface area contributed by atoms with Crippen LogP contribution in [0.3, 0.4) is 0 Å². The van der Waals surface area contributed by atoms with E-state index < -0.39 is 0 Å². The molecule has 0 fully saturated rings. The molecule has 15 heavy (non-hydrogen) atoms. The Morgan fingerprint density at radius 2 is 2.33 bits per heavy atom. The standard InChI is InChI=1S/C12H16N2S/c1-3-13-9(2)8-11-10-5-7-15-12(10)4-6-14-11/h4-7,9,13H,3,8H2,1-2H3. The Morgan fingerprint density at radius 3 is 3.13 bits per heavy atom.